The number of rotatable bonds is 4. The van der Waals surface area contributed by atoms with Gasteiger partial charge in [-0.2, -0.15) is 13.2 Å². The van der Waals surface area contributed by atoms with Crippen LogP contribution in [0.4, 0.5) is 13.2 Å². The maximum atomic E-state index is 14.0. The monoisotopic (exact) mass is 477 g/mol. The summed E-state index contributed by atoms with van der Waals surface area (Å²) in [6.07, 6.45) is 5.61. The SMILES string of the molecule is O=C(N1CCc2ncc(C(F)(F)F)cc2C1)[C@@]12CCC[C@@H]1C[C@@H](N[C@H]1CCOC[C@H]1C1CC1)C2. The second-order valence-corrected chi connectivity index (χ2v) is 11.3. The van der Waals surface area contributed by atoms with Gasteiger partial charge in [-0.3, -0.25) is 9.78 Å². The van der Waals surface area contributed by atoms with Crippen LogP contribution < -0.4 is 5.32 Å². The molecule has 1 N–H and O–H groups in total. The first kappa shape index (κ1) is 22.8. The van der Waals surface area contributed by atoms with Crippen molar-refractivity contribution in [2.45, 2.75) is 82.6 Å². The van der Waals surface area contributed by atoms with Gasteiger partial charge in [0.2, 0.25) is 5.91 Å². The van der Waals surface area contributed by atoms with Gasteiger partial charge in [0.15, 0.2) is 0 Å². The highest BCUT2D eigenvalue weighted by Gasteiger charge is 2.56. The predicted octanol–water partition coefficient (Wildman–Crippen LogP) is 4.34. The molecule has 1 saturated heterocycles. The molecule has 5 aliphatic rings. The number of ether oxygens (including phenoxy) is 1. The number of fused-ring (bicyclic) bond motifs is 2. The van der Waals surface area contributed by atoms with Gasteiger partial charge in [-0.15, -0.1) is 0 Å². The Balaban J connectivity index is 1.17. The van der Waals surface area contributed by atoms with E-state index in [4.69, 9.17) is 4.74 Å². The molecule has 186 valence electrons. The Morgan fingerprint density at radius 2 is 2.09 bits per heavy atom. The van der Waals surface area contributed by atoms with Crippen LogP contribution in [0.25, 0.3) is 0 Å². The second kappa shape index (κ2) is 8.47. The van der Waals surface area contributed by atoms with Gasteiger partial charge in [0.1, 0.15) is 0 Å². The number of carbonyl (C=O) groups excluding carboxylic acids is 1. The lowest BCUT2D eigenvalue weighted by molar-refractivity contribution is -0.144. The average Bonchev–Trinajstić information content (AvgIpc) is 3.50. The summed E-state index contributed by atoms with van der Waals surface area (Å²) in [6.45, 7) is 2.44. The zero-order chi connectivity index (χ0) is 23.5. The van der Waals surface area contributed by atoms with E-state index in [-0.39, 0.29) is 17.9 Å². The highest BCUT2D eigenvalue weighted by atomic mass is 19.4. The number of halogens is 3. The molecule has 3 saturated carbocycles. The minimum Gasteiger partial charge on any atom is -0.381 e. The topological polar surface area (TPSA) is 54.5 Å². The third-order valence-electron chi connectivity index (χ3n) is 9.29. The molecule has 0 bridgehead atoms. The molecule has 0 unspecified atom stereocenters. The molecule has 5 atom stereocenters. The molecule has 3 heterocycles. The van der Waals surface area contributed by atoms with Crippen LogP contribution in [0.2, 0.25) is 0 Å². The molecule has 0 aromatic carbocycles. The number of nitrogens with one attached hydrogen (secondary N) is 1. The average molecular weight is 478 g/mol. The first-order chi connectivity index (χ1) is 16.3. The van der Waals surface area contributed by atoms with Crippen LogP contribution in [0.3, 0.4) is 0 Å². The van der Waals surface area contributed by atoms with Gasteiger partial charge in [0, 0.05) is 56.0 Å². The Labute approximate surface area is 198 Å². The molecule has 4 fully saturated rings. The van der Waals surface area contributed by atoms with Crippen LogP contribution in [0.1, 0.15) is 68.2 Å². The lowest BCUT2D eigenvalue weighted by Crippen LogP contribution is -2.49. The predicted molar refractivity (Wildman–Crippen MR) is 120 cm³/mol. The van der Waals surface area contributed by atoms with E-state index < -0.39 is 11.7 Å². The molecule has 0 spiro atoms. The number of carbonyl (C=O) groups is 1. The lowest BCUT2D eigenvalue weighted by atomic mass is 9.78. The van der Waals surface area contributed by atoms with Crippen molar-refractivity contribution in [2.24, 2.45) is 23.2 Å². The summed E-state index contributed by atoms with van der Waals surface area (Å²) in [5, 5.41) is 3.95. The van der Waals surface area contributed by atoms with E-state index in [1.165, 1.54) is 18.9 Å². The second-order valence-electron chi connectivity index (χ2n) is 11.3. The van der Waals surface area contributed by atoms with Crippen LogP contribution in [-0.4, -0.2) is 47.6 Å². The molecule has 3 aliphatic carbocycles. The minimum atomic E-state index is -4.42. The van der Waals surface area contributed by atoms with E-state index in [9.17, 15) is 18.0 Å². The van der Waals surface area contributed by atoms with Crippen molar-refractivity contribution in [2.75, 3.05) is 19.8 Å². The van der Waals surface area contributed by atoms with Crippen molar-refractivity contribution in [1.29, 1.82) is 0 Å². The highest BCUT2D eigenvalue weighted by molar-refractivity contribution is 5.84. The minimum absolute atomic E-state index is 0.160. The molecule has 1 aromatic heterocycles. The van der Waals surface area contributed by atoms with Crippen LogP contribution in [0.5, 0.6) is 0 Å². The molecule has 1 amide bonds. The molecule has 2 aliphatic heterocycles. The largest absolute Gasteiger partial charge is 0.417 e. The fourth-order valence-corrected chi connectivity index (χ4v) is 7.45. The molecule has 34 heavy (non-hydrogen) atoms. The number of hydrogen-bond acceptors (Lipinski definition) is 4. The zero-order valence-electron chi connectivity index (χ0n) is 19.6. The quantitative estimate of drug-likeness (QED) is 0.701. The molecule has 0 radical (unpaired) electrons. The van der Waals surface area contributed by atoms with E-state index in [0.29, 0.717) is 48.1 Å². The number of aromatic nitrogens is 1. The Kier molecular flexibility index (Phi) is 5.67. The fourth-order valence-electron chi connectivity index (χ4n) is 7.45. The van der Waals surface area contributed by atoms with E-state index in [1.807, 2.05) is 4.90 Å². The standard InChI is InChI=1S/C26H34F3N3O2/c27-26(28,29)19-10-17-14-32(8-5-22(17)30-13-19)24(33)25-7-1-2-18(25)11-20(12-25)31-23-6-9-34-15-21(23)16-3-4-16/h10,13,16,18,20-21,23,31H,1-9,11-12,14-15H2/t18-,20-,21+,23+,25-/m1/s1. The zero-order valence-corrected chi connectivity index (χ0v) is 19.6. The third kappa shape index (κ3) is 4.04. The Hall–Kier alpha value is -1.67. The number of nitrogens with zero attached hydrogens (tertiary/aromatic N) is 2. The van der Waals surface area contributed by atoms with Gasteiger partial charge < -0.3 is 15.0 Å². The van der Waals surface area contributed by atoms with Gasteiger partial charge in [-0.25, -0.2) is 0 Å². The van der Waals surface area contributed by atoms with Gasteiger partial charge >= 0.3 is 6.18 Å². The normalized spacial score (nSPS) is 35.8. The van der Waals surface area contributed by atoms with Crippen molar-refractivity contribution in [3.8, 4) is 0 Å². The fraction of sp³-hybridized carbons (Fsp3) is 0.769. The molecular weight excluding hydrogens is 443 g/mol. The first-order valence-electron chi connectivity index (χ1n) is 13.0. The molecule has 6 rings (SSSR count). The summed E-state index contributed by atoms with van der Waals surface area (Å²) in [4.78, 5) is 19.8. The molecule has 5 nitrogen and oxygen atoms in total. The van der Waals surface area contributed by atoms with Gasteiger partial charge in [-0.05, 0) is 68.4 Å². The molecule has 1 aromatic rings. The van der Waals surface area contributed by atoms with Crippen molar-refractivity contribution in [3.63, 3.8) is 0 Å². The van der Waals surface area contributed by atoms with E-state index >= 15 is 0 Å². The van der Waals surface area contributed by atoms with Crippen molar-refractivity contribution in [3.05, 3.63) is 29.1 Å². The van der Waals surface area contributed by atoms with Crippen LogP contribution >= 0.6 is 0 Å². The summed E-state index contributed by atoms with van der Waals surface area (Å²) in [5.74, 6) is 1.92. The van der Waals surface area contributed by atoms with Gasteiger partial charge in [0.05, 0.1) is 17.6 Å². The number of hydrogen-bond donors (Lipinski definition) is 1. The summed E-state index contributed by atoms with van der Waals surface area (Å²) in [6, 6.07) is 2.01. The van der Waals surface area contributed by atoms with Crippen molar-refractivity contribution < 1.29 is 22.7 Å². The van der Waals surface area contributed by atoms with Crippen molar-refractivity contribution >= 4 is 5.91 Å². The van der Waals surface area contributed by atoms with E-state index in [0.717, 1.165) is 63.9 Å². The lowest BCUT2D eigenvalue weighted by Gasteiger charge is -2.38. The maximum Gasteiger partial charge on any atom is 0.417 e. The first-order valence-corrected chi connectivity index (χ1v) is 13.0. The van der Waals surface area contributed by atoms with E-state index in [1.54, 1.807) is 0 Å². The molecule has 8 heteroatoms. The molecular formula is C26H34F3N3O2. The maximum absolute atomic E-state index is 14.0. The third-order valence-corrected chi connectivity index (χ3v) is 9.29. The number of alkyl halides is 3. The smallest absolute Gasteiger partial charge is 0.381 e. The van der Waals surface area contributed by atoms with E-state index in [2.05, 4.69) is 10.3 Å². The Morgan fingerprint density at radius 1 is 1.24 bits per heavy atom. The number of pyridine rings is 1. The Bertz CT molecular complexity index is 950. The summed E-state index contributed by atoms with van der Waals surface area (Å²) >= 11 is 0. The van der Waals surface area contributed by atoms with Crippen molar-refractivity contribution in [1.82, 2.24) is 15.2 Å². The summed E-state index contributed by atoms with van der Waals surface area (Å²) in [5.41, 5.74) is 0.144. The Morgan fingerprint density at radius 3 is 2.88 bits per heavy atom. The van der Waals surface area contributed by atoms with Gasteiger partial charge in [0.25, 0.3) is 0 Å². The van der Waals surface area contributed by atoms with Crippen LogP contribution in [-0.2, 0) is 28.7 Å². The summed E-state index contributed by atoms with van der Waals surface area (Å²) in [7, 11) is 0. The number of amides is 1. The highest BCUT2D eigenvalue weighted by Crippen LogP contribution is 2.56. The van der Waals surface area contributed by atoms with Crippen LogP contribution in [0.15, 0.2) is 12.3 Å². The summed E-state index contributed by atoms with van der Waals surface area (Å²) < 4.78 is 45.4. The van der Waals surface area contributed by atoms with Crippen LogP contribution in [0, 0.1) is 23.2 Å². The van der Waals surface area contributed by atoms with Gasteiger partial charge in [-0.1, -0.05) is 6.42 Å².